The van der Waals surface area contributed by atoms with E-state index in [2.05, 4.69) is 232 Å². The Morgan fingerprint density at radius 1 is 0.448 bits per heavy atom. The van der Waals surface area contributed by atoms with E-state index in [4.69, 9.17) is 4.42 Å². The molecule has 1 aliphatic heterocycles. The Morgan fingerprint density at radius 3 is 1.61 bits per heavy atom. The summed E-state index contributed by atoms with van der Waals surface area (Å²) in [5, 5.41) is 7.24. The van der Waals surface area contributed by atoms with Crippen LogP contribution in [0.1, 0.15) is 12.8 Å². The quantitative estimate of drug-likeness (QED) is 0.161. The minimum Gasteiger partial charge on any atom is -0.456 e. The molecule has 0 radical (unpaired) electrons. The van der Waals surface area contributed by atoms with Gasteiger partial charge < -0.3 is 18.5 Å². The molecule has 4 heterocycles. The molecule has 314 valence electrons. The smallest absolute Gasteiger partial charge is 0.135 e. The number of benzene rings is 8. The number of hydrogen-bond acceptors (Lipinski definition) is 2. The first-order chi connectivity index (χ1) is 33.2. The highest BCUT2D eigenvalue weighted by Crippen LogP contribution is 2.54. The molecule has 3 aliphatic carbocycles. The summed E-state index contributed by atoms with van der Waals surface area (Å²) < 4.78 is 11.4. The Labute approximate surface area is 386 Å². The highest BCUT2D eigenvalue weighted by molar-refractivity contribution is 6.11. The van der Waals surface area contributed by atoms with Crippen LogP contribution in [0.25, 0.3) is 99.2 Å². The Balaban J connectivity index is 0.858. The molecule has 0 amide bonds. The topological polar surface area (TPSA) is 26.2 Å². The third kappa shape index (κ3) is 5.54. The summed E-state index contributed by atoms with van der Waals surface area (Å²) in [4.78, 5) is 2.46. The highest BCUT2D eigenvalue weighted by Gasteiger charge is 2.45. The average molecular weight is 856 g/mol. The van der Waals surface area contributed by atoms with Crippen LogP contribution in [-0.4, -0.2) is 9.13 Å². The van der Waals surface area contributed by atoms with E-state index in [0.29, 0.717) is 11.8 Å². The second-order valence-electron chi connectivity index (χ2n) is 18.5. The van der Waals surface area contributed by atoms with Gasteiger partial charge in [0.1, 0.15) is 11.2 Å². The number of rotatable bonds is 5. The van der Waals surface area contributed by atoms with E-state index in [0.717, 1.165) is 73.4 Å². The molecule has 4 nitrogen and oxygen atoms in total. The second-order valence-corrected chi connectivity index (χ2v) is 18.5. The van der Waals surface area contributed by atoms with Gasteiger partial charge in [0, 0.05) is 72.1 Å². The summed E-state index contributed by atoms with van der Waals surface area (Å²) in [5.74, 6) is 1.16. The van der Waals surface area contributed by atoms with Gasteiger partial charge in [0.15, 0.2) is 0 Å². The lowest BCUT2D eigenvalue weighted by molar-refractivity contribution is 0.669. The molecule has 0 spiro atoms. The minimum absolute atomic E-state index is 0.538. The van der Waals surface area contributed by atoms with Crippen LogP contribution in [0.3, 0.4) is 0 Å². The monoisotopic (exact) mass is 855 g/mol. The van der Waals surface area contributed by atoms with E-state index in [-0.39, 0.29) is 0 Å². The SMILES string of the molecule is C1=C2/C=C\C/C=C/C=1N(c1ccc3oc4ccc(-c5ccc(-c6cc(-n7c8ccccc8c8ccccc87)cc(-n7c8ccccc8c8ccccc87)c6)cc5)cc4c3c1)C1=C2C=CC2CC12. The molecule has 2 bridgehead atoms. The van der Waals surface area contributed by atoms with Crippen LogP contribution in [-0.2, 0) is 0 Å². The third-order valence-corrected chi connectivity index (χ3v) is 14.7. The molecular weight excluding hydrogens is 815 g/mol. The van der Waals surface area contributed by atoms with Crippen LogP contribution in [0.2, 0.25) is 0 Å². The maximum atomic E-state index is 6.51. The van der Waals surface area contributed by atoms with Crippen molar-refractivity contribution in [3.8, 4) is 33.6 Å². The number of furan rings is 1. The van der Waals surface area contributed by atoms with Gasteiger partial charge in [-0.15, -0.1) is 0 Å². The summed E-state index contributed by atoms with van der Waals surface area (Å²) in [5.41, 5.74) is 23.3. The van der Waals surface area contributed by atoms with Gasteiger partial charge in [-0.3, -0.25) is 0 Å². The zero-order chi connectivity index (χ0) is 43.7. The lowest BCUT2D eigenvalue weighted by Crippen LogP contribution is -2.27. The Morgan fingerprint density at radius 2 is 0.985 bits per heavy atom. The van der Waals surface area contributed by atoms with Crippen LogP contribution in [0, 0.1) is 11.8 Å². The predicted octanol–water partition coefficient (Wildman–Crippen LogP) is 16.3. The molecule has 3 aromatic heterocycles. The summed E-state index contributed by atoms with van der Waals surface area (Å²) in [6.07, 6.45) is 15.8. The molecule has 11 aromatic rings. The molecule has 2 unspecified atom stereocenters. The van der Waals surface area contributed by atoms with Crippen LogP contribution in [0.5, 0.6) is 0 Å². The number of hydrogen-bond donors (Lipinski definition) is 0. The fourth-order valence-corrected chi connectivity index (χ4v) is 11.5. The van der Waals surface area contributed by atoms with Crippen LogP contribution in [0.15, 0.2) is 245 Å². The normalized spacial score (nSPS) is 18.4. The zero-order valence-electron chi connectivity index (χ0n) is 36.5. The Kier molecular flexibility index (Phi) is 7.66. The number of fused-ring (bicyclic) bond motifs is 12. The van der Waals surface area contributed by atoms with Gasteiger partial charge in [-0.2, -0.15) is 0 Å². The fraction of sp³-hybridized carbons (Fsp3) is 0.0635. The van der Waals surface area contributed by atoms with Crippen molar-refractivity contribution < 1.29 is 4.42 Å². The van der Waals surface area contributed by atoms with Crippen molar-refractivity contribution in [2.75, 3.05) is 4.90 Å². The number of para-hydroxylation sites is 4. The second kappa shape index (κ2) is 14.0. The van der Waals surface area contributed by atoms with E-state index in [1.165, 1.54) is 66.9 Å². The molecule has 2 atom stereocenters. The van der Waals surface area contributed by atoms with E-state index < -0.39 is 0 Å². The van der Waals surface area contributed by atoms with Gasteiger partial charge in [0.2, 0.25) is 0 Å². The molecule has 4 heteroatoms. The van der Waals surface area contributed by atoms with Gasteiger partial charge in [-0.1, -0.05) is 139 Å². The average Bonchev–Trinajstić information content (AvgIpc) is 3.83. The standard InChI is InChI=1S/C63H41N3O/c1-2-12-42-32-45(13-3-1)64(63-49(42)29-26-43-36-54(43)63)46-28-31-62-56(38-46)55-35-41(27-30-61(55)67-62)39-22-24-40(25-23-39)44-33-47(65-57-18-8-4-14-50(57)51-15-5-9-19-58(51)65)37-48(34-44)66-59-20-10-6-16-52(59)53-17-7-11-21-60(53)66/h2-31,33-35,37-38,43,54H,1,36H2/b12-2-,13-3+. The molecule has 67 heavy (non-hydrogen) atoms. The zero-order valence-corrected chi connectivity index (χ0v) is 36.5. The summed E-state index contributed by atoms with van der Waals surface area (Å²) >= 11 is 0. The Bertz CT molecular complexity index is 3910. The van der Waals surface area contributed by atoms with Crippen molar-refractivity contribution in [2.45, 2.75) is 12.8 Å². The lowest BCUT2D eigenvalue weighted by Gasteiger charge is -2.34. The van der Waals surface area contributed by atoms with Gasteiger partial charge in [-0.25, -0.2) is 0 Å². The van der Waals surface area contributed by atoms with Crippen LogP contribution in [0.4, 0.5) is 5.69 Å². The van der Waals surface area contributed by atoms with Crippen molar-refractivity contribution in [3.05, 3.63) is 241 Å². The van der Waals surface area contributed by atoms with Gasteiger partial charge in [0.25, 0.3) is 0 Å². The maximum Gasteiger partial charge on any atom is 0.135 e. The molecule has 1 saturated carbocycles. The minimum atomic E-state index is 0.538. The molecule has 15 rings (SSSR count). The lowest BCUT2D eigenvalue weighted by atomic mass is 9.91. The van der Waals surface area contributed by atoms with Crippen molar-refractivity contribution in [1.82, 2.24) is 9.13 Å². The predicted molar refractivity (Wildman–Crippen MR) is 277 cm³/mol. The van der Waals surface area contributed by atoms with E-state index in [1.54, 1.807) is 0 Å². The number of allylic oxidation sites excluding steroid dienone is 8. The molecule has 4 aliphatic rings. The van der Waals surface area contributed by atoms with E-state index >= 15 is 0 Å². The Hall–Kier alpha value is -8.56. The van der Waals surface area contributed by atoms with Crippen molar-refractivity contribution in [3.63, 3.8) is 0 Å². The number of nitrogens with zero attached hydrogens (tertiary/aromatic N) is 3. The number of aromatic nitrogens is 2. The first-order valence-corrected chi connectivity index (χ1v) is 23.5. The van der Waals surface area contributed by atoms with Gasteiger partial charge in [0.05, 0.1) is 27.8 Å². The van der Waals surface area contributed by atoms with Crippen LogP contribution < -0.4 is 4.90 Å². The molecule has 1 fully saturated rings. The van der Waals surface area contributed by atoms with E-state index in [9.17, 15) is 0 Å². The first-order valence-electron chi connectivity index (χ1n) is 23.5. The summed E-state index contributed by atoms with van der Waals surface area (Å²) in [6, 6.07) is 64.6. The summed E-state index contributed by atoms with van der Waals surface area (Å²) in [6.45, 7) is 0. The molecule has 8 aromatic carbocycles. The van der Waals surface area contributed by atoms with Gasteiger partial charge in [-0.05, 0) is 120 Å². The first kappa shape index (κ1) is 36.7. The van der Waals surface area contributed by atoms with Gasteiger partial charge >= 0.3 is 0 Å². The number of anilines is 1. The third-order valence-electron chi connectivity index (χ3n) is 14.7. The van der Waals surface area contributed by atoms with Crippen LogP contribution >= 0.6 is 0 Å². The molecule has 0 N–H and O–H groups in total. The highest BCUT2D eigenvalue weighted by atomic mass is 16.3. The van der Waals surface area contributed by atoms with Crippen molar-refractivity contribution in [2.24, 2.45) is 11.8 Å². The van der Waals surface area contributed by atoms with Crippen molar-refractivity contribution in [1.29, 1.82) is 0 Å². The molecular formula is C63H41N3O. The van der Waals surface area contributed by atoms with Crippen molar-refractivity contribution >= 4 is 71.2 Å². The summed E-state index contributed by atoms with van der Waals surface area (Å²) in [7, 11) is 0. The van der Waals surface area contributed by atoms with E-state index in [1.807, 2.05) is 0 Å². The largest absolute Gasteiger partial charge is 0.456 e. The molecule has 0 saturated heterocycles. The maximum absolute atomic E-state index is 6.51. The fourth-order valence-electron chi connectivity index (χ4n) is 11.5.